The van der Waals surface area contributed by atoms with Crippen molar-refractivity contribution in [2.45, 2.75) is 13.8 Å². The third-order valence-electron chi connectivity index (χ3n) is 4.85. The van der Waals surface area contributed by atoms with Gasteiger partial charge in [0.2, 0.25) is 0 Å². The second-order valence-electron chi connectivity index (χ2n) is 7.17. The Labute approximate surface area is 186 Å². The van der Waals surface area contributed by atoms with Gasteiger partial charge in [0.15, 0.2) is 5.82 Å². The summed E-state index contributed by atoms with van der Waals surface area (Å²) in [7, 11) is 1.62. The minimum atomic E-state index is -0.177. The van der Waals surface area contributed by atoms with Crippen LogP contribution < -0.4 is 14.8 Å². The van der Waals surface area contributed by atoms with Crippen LogP contribution in [0.25, 0.3) is 17.1 Å². The maximum Gasteiger partial charge on any atom is 0.336 e. The topological polar surface area (TPSA) is 78.3 Å². The van der Waals surface area contributed by atoms with Gasteiger partial charge in [0.25, 0.3) is 5.91 Å². The molecule has 32 heavy (non-hydrogen) atoms. The second-order valence-corrected chi connectivity index (χ2v) is 7.17. The highest BCUT2D eigenvalue weighted by Crippen LogP contribution is 2.27. The molecule has 4 aromatic rings. The normalized spacial score (nSPS) is 10.6. The molecule has 0 spiro atoms. The van der Waals surface area contributed by atoms with Gasteiger partial charge in [0, 0.05) is 16.8 Å². The van der Waals surface area contributed by atoms with Gasteiger partial charge in [0.05, 0.1) is 19.4 Å². The number of nitrogens with one attached hydrogen (secondary N) is 1. The van der Waals surface area contributed by atoms with Crippen molar-refractivity contribution in [1.82, 2.24) is 14.8 Å². The Morgan fingerprint density at radius 2 is 1.81 bits per heavy atom. The quantitative estimate of drug-likeness (QED) is 0.453. The fraction of sp³-hybridized carbons (Fsp3) is 0.160. The van der Waals surface area contributed by atoms with Crippen LogP contribution in [0, 0.1) is 6.92 Å². The molecule has 1 heterocycles. The number of ether oxygens (including phenoxy) is 2. The summed E-state index contributed by atoms with van der Waals surface area (Å²) >= 11 is 0. The molecule has 1 amide bonds. The zero-order valence-corrected chi connectivity index (χ0v) is 18.2. The van der Waals surface area contributed by atoms with E-state index in [0.717, 1.165) is 16.8 Å². The Morgan fingerprint density at radius 3 is 2.56 bits per heavy atom. The average molecular weight is 428 g/mol. The molecule has 162 valence electrons. The van der Waals surface area contributed by atoms with E-state index in [4.69, 9.17) is 9.47 Å². The van der Waals surface area contributed by atoms with E-state index in [1.54, 1.807) is 23.9 Å². The van der Waals surface area contributed by atoms with Gasteiger partial charge < -0.3 is 14.8 Å². The van der Waals surface area contributed by atoms with Crippen molar-refractivity contribution in [1.29, 1.82) is 0 Å². The van der Waals surface area contributed by atoms with E-state index in [1.807, 2.05) is 74.5 Å². The first kappa shape index (κ1) is 21.1. The molecule has 0 unspecified atom stereocenters. The van der Waals surface area contributed by atoms with E-state index in [-0.39, 0.29) is 11.9 Å². The lowest BCUT2D eigenvalue weighted by Crippen LogP contribution is -2.12. The van der Waals surface area contributed by atoms with Crippen molar-refractivity contribution in [3.63, 3.8) is 0 Å². The van der Waals surface area contributed by atoms with Gasteiger partial charge in [-0.1, -0.05) is 35.9 Å². The highest BCUT2D eigenvalue weighted by Gasteiger charge is 2.16. The van der Waals surface area contributed by atoms with Crippen LogP contribution in [0.4, 0.5) is 5.69 Å². The molecule has 0 saturated heterocycles. The van der Waals surface area contributed by atoms with E-state index in [9.17, 15) is 4.79 Å². The van der Waals surface area contributed by atoms with Gasteiger partial charge in [-0.3, -0.25) is 4.79 Å². The Kier molecular flexibility index (Phi) is 6.17. The van der Waals surface area contributed by atoms with Gasteiger partial charge in [-0.2, -0.15) is 4.98 Å². The number of carbonyl (C=O) groups excluding carboxylic acids is 1. The van der Waals surface area contributed by atoms with E-state index >= 15 is 0 Å². The SMILES string of the molecule is CCOc1nc(-c2cccc(OC)c2)n(-c2cccc(NC(=O)c3ccc(C)cc3)c2)n1. The van der Waals surface area contributed by atoms with Crippen molar-refractivity contribution in [3.8, 4) is 28.8 Å². The minimum absolute atomic E-state index is 0.177. The van der Waals surface area contributed by atoms with Crippen molar-refractivity contribution in [3.05, 3.63) is 83.9 Å². The summed E-state index contributed by atoms with van der Waals surface area (Å²) in [6.45, 7) is 4.32. The van der Waals surface area contributed by atoms with Crippen LogP contribution >= 0.6 is 0 Å². The predicted molar refractivity (Wildman–Crippen MR) is 124 cm³/mol. The van der Waals surface area contributed by atoms with Crippen molar-refractivity contribution >= 4 is 11.6 Å². The van der Waals surface area contributed by atoms with Crippen molar-refractivity contribution in [2.75, 3.05) is 19.0 Å². The molecule has 0 saturated carbocycles. The van der Waals surface area contributed by atoms with Gasteiger partial charge in [-0.05, 0) is 56.3 Å². The molecular weight excluding hydrogens is 404 g/mol. The molecular formula is C25H24N4O3. The van der Waals surface area contributed by atoms with Crippen molar-refractivity contribution in [2.24, 2.45) is 0 Å². The molecule has 4 rings (SSSR count). The van der Waals surface area contributed by atoms with Gasteiger partial charge in [-0.25, -0.2) is 4.68 Å². The number of aryl methyl sites for hydroxylation is 1. The van der Waals surface area contributed by atoms with Gasteiger partial charge >= 0.3 is 6.01 Å². The highest BCUT2D eigenvalue weighted by molar-refractivity contribution is 6.04. The van der Waals surface area contributed by atoms with Crippen LogP contribution in [0.2, 0.25) is 0 Å². The molecule has 0 fully saturated rings. The fourth-order valence-corrected chi connectivity index (χ4v) is 3.24. The summed E-state index contributed by atoms with van der Waals surface area (Å²) < 4.78 is 12.6. The number of methoxy groups -OCH3 is 1. The lowest BCUT2D eigenvalue weighted by molar-refractivity contribution is 0.102. The predicted octanol–water partition coefficient (Wildman–Crippen LogP) is 4.90. The lowest BCUT2D eigenvalue weighted by atomic mass is 10.1. The van der Waals surface area contributed by atoms with Crippen LogP contribution in [0.15, 0.2) is 72.8 Å². The Bertz CT molecular complexity index is 1230. The number of anilines is 1. The van der Waals surface area contributed by atoms with E-state index in [1.165, 1.54) is 0 Å². The van der Waals surface area contributed by atoms with Crippen LogP contribution in [0.3, 0.4) is 0 Å². The molecule has 0 aliphatic heterocycles. The molecule has 7 nitrogen and oxygen atoms in total. The number of nitrogens with zero attached hydrogens (tertiary/aromatic N) is 3. The number of aromatic nitrogens is 3. The van der Waals surface area contributed by atoms with Crippen LogP contribution in [-0.2, 0) is 0 Å². The number of amides is 1. The number of hydrogen-bond donors (Lipinski definition) is 1. The van der Waals surface area contributed by atoms with E-state index < -0.39 is 0 Å². The smallest absolute Gasteiger partial charge is 0.336 e. The standard InChI is InChI=1S/C25H24N4O3/c1-4-32-25-27-23(19-7-5-10-22(15-19)31-3)29(28-25)21-9-6-8-20(16-21)26-24(30)18-13-11-17(2)12-14-18/h5-16H,4H2,1-3H3,(H,26,30). The largest absolute Gasteiger partial charge is 0.497 e. The van der Waals surface area contributed by atoms with Crippen LogP contribution in [0.1, 0.15) is 22.8 Å². The minimum Gasteiger partial charge on any atom is -0.497 e. The zero-order valence-electron chi connectivity index (χ0n) is 18.2. The summed E-state index contributed by atoms with van der Waals surface area (Å²) in [5.74, 6) is 1.15. The van der Waals surface area contributed by atoms with E-state index in [0.29, 0.717) is 29.4 Å². The zero-order chi connectivity index (χ0) is 22.5. The van der Waals surface area contributed by atoms with Gasteiger partial charge in [0.1, 0.15) is 5.75 Å². The number of rotatable bonds is 7. The average Bonchev–Trinajstić information content (AvgIpc) is 3.24. The molecule has 0 radical (unpaired) electrons. The maximum atomic E-state index is 12.6. The van der Waals surface area contributed by atoms with Crippen LogP contribution in [-0.4, -0.2) is 34.4 Å². The summed E-state index contributed by atoms with van der Waals surface area (Å²) in [4.78, 5) is 17.2. The first-order chi connectivity index (χ1) is 15.6. The Morgan fingerprint density at radius 1 is 1.03 bits per heavy atom. The molecule has 0 atom stereocenters. The second kappa shape index (κ2) is 9.34. The molecule has 7 heteroatoms. The number of carbonyl (C=O) groups is 1. The Balaban J connectivity index is 1.68. The lowest BCUT2D eigenvalue weighted by Gasteiger charge is -2.10. The summed E-state index contributed by atoms with van der Waals surface area (Å²) in [6, 6.07) is 22.7. The highest BCUT2D eigenvalue weighted by atomic mass is 16.5. The number of hydrogen-bond acceptors (Lipinski definition) is 5. The first-order valence-electron chi connectivity index (χ1n) is 10.3. The van der Waals surface area contributed by atoms with Gasteiger partial charge in [-0.15, -0.1) is 5.10 Å². The third kappa shape index (κ3) is 4.62. The fourth-order valence-electron chi connectivity index (χ4n) is 3.24. The number of benzene rings is 3. The third-order valence-corrected chi connectivity index (χ3v) is 4.85. The maximum absolute atomic E-state index is 12.6. The monoisotopic (exact) mass is 428 g/mol. The molecule has 0 aliphatic rings. The Hall–Kier alpha value is -4.13. The molecule has 1 N–H and O–H groups in total. The summed E-state index contributed by atoms with van der Waals surface area (Å²) in [6.07, 6.45) is 0. The first-order valence-corrected chi connectivity index (χ1v) is 10.3. The molecule has 0 bridgehead atoms. The van der Waals surface area contributed by atoms with Crippen LogP contribution in [0.5, 0.6) is 11.8 Å². The molecule has 1 aromatic heterocycles. The molecule has 0 aliphatic carbocycles. The van der Waals surface area contributed by atoms with Crippen molar-refractivity contribution < 1.29 is 14.3 Å². The van der Waals surface area contributed by atoms with E-state index in [2.05, 4.69) is 15.4 Å². The summed E-state index contributed by atoms with van der Waals surface area (Å²) in [5.41, 5.74) is 3.92. The molecule has 3 aromatic carbocycles. The summed E-state index contributed by atoms with van der Waals surface area (Å²) in [5, 5.41) is 7.47.